The minimum atomic E-state index is 0.0114. The summed E-state index contributed by atoms with van der Waals surface area (Å²) in [5.74, 6) is 1.37. The Labute approximate surface area is 126 Å². The summed E-state index contributed by atoms with van der Waals surface area (Å²) in [5, 5.41) is 2.96. The van der Waals surface area contributed by atoms with Crippen LogP contribution in [0.1, 0.15) is 33.1 Å². The zero-order valence-electron chi connectivity index (χ0n) is 12.3. The number of carbonyl (C=O) groups excluding carboxylic acids is 1. The van der Waals surface area contributed by atoms with Crippen molar-refractivity contribution in [3.05, 3.63) is 30.3 Å². The SMILES string of the molecule is CCC(CC)(CCl)CNC(=O)CCOc1ccccc1. The third-order valence-corrected chi connectivity index (χ3v) is 4.35. The number of para-hydroxylation sites is 1. The Balaban J connectivity index is 2.27. The molecule has 1 aromatic rings. The van der Waals surface area contributed by atoms with Gasteiger partial charge in [-0.05, 0) is 25.0 Å². The zero-order valence-corrected chi connectivity index (χ0v) is 13.1. The smallest absolute Gasteiger partial charge is 0.223 e. The Morgan fingerprint density at radius 2 is 1.90 bits per heavy atom. The second kappa shape index (κ2) is 8.85. The van der Waals surface area contributed by atoms with Crippen LogP contribution in [0.15, 0.2) is 30.3 Å². The molecule has 3 nitrogen and oxygen atoms in total. The zero-order chi connectivity index (χ0) is 14.8. The molecule has 0 radical (unpaired) electrons. The van der Waals surface area contributed by atoms with Crippen molar-refractivity contribution < 1.29 is 9.53 Å². The Kier molecular flexibility index (Phi) is 7.45. The highest BCUT2D eigenvalue weighted by Crippen LogP contribution is 2.26. The highest BCUT2D eigenvalue weighted by Gasteiger charge is 2.25. The number of alkyl halides is 1. The maximum absolute atomic E-state index is 11.8. The van der Waals surface area contributed by atoms with Gasteiger partial charge in [-0.2, -0.15) is 0 Å². The Hall–Kier alpha value is -1.22. The van der Waals surface area contributed by atoms with Gasteiger partial charge in [0.15, 0.2) is 0 Å². The second-order valence-corrected chi connectivity index (χ2v) is 5.30. The molecule has 0 aliphatic rings. The van der Waals surface area contributed by atoms with Crippen LogP contribution in [-0.2, 0) is 4.79 Å². The predicted octanol–water partition coefficient (Wildman–Crippen LogP) is 3.62. The number of nitrogens with one attached hydrogen (secondary N) is 1. The van der Waals surface area contributed by atoms with Crippen LogP contribution in [0.3, 0.4) is 0 Å². The number of rotatable bonds is 9. The van der Waals surface area contributed by atoms with Gasteiger partial charge < -0.3 is 10.1 Å². The molecule has 0 fully saturated rings. The first kappa shape index (κ1) is 16.8. The lowest BCUT2D eigenvalue weighted by molar-refractivity contribution is -0.122. The minimum absolute atomic E-state index is 0.0114. The van der Waals surface area contributed by atoms with Gasteiger partial charge in [0.05, 0.1) is 13.0 Å². The first-order valence-electron chi connectivity index (χ1n) is 7.16. The average Bonchev–Trinajstić information content (AvgIpc) is 2.50. The lowest BCUT2D eigenvalue weighted by Crippen LogP contribution is -2.38. The monoisotopic (exact) mass is 297 g/mol. The van der Waals surface area contributed by atoms with Gasteiger partial charge in [0, 0.05) is 17.8 Å². The summed E-state index contributed by atoms with van der Waals surface area (Å²) in [7, 11) is 0. The van der Waals surface area contributed by atoms with Crippen molar-refractivity contribution in [2.45, 2.75) is 33.1 Å². The van der Waals surface area contributed by atoms with E-state index in [1.54, 1.807) is 0 Å². The number of halogens is 1. The molecule has 0 aliphatic heterocycles. The fraction of sp³-hybridized carbons (Fsp3) is 0.562. The lowest BCUT2D eigenvalue weighted by Gasteiger charge is -2.29. The van der Waals surface area contributed by atoms with Gasteiger partial charge in [-0.25, -0.2) is 0 Å². The van der Waals surface area contributed by atoms with Crippen LogP contribution < -0.4 is 10.1 Å². The van der Waals surface area contributed by atoms with Crippen molar-refractivity contribution >= 4 is 17.5 Å². The van der Waals surface area contributed by atoms with Gasteiger partial charge in [-0.15, -0.1) is 11.6 Å². The molecule has 1 aromatic carbocycles. The fourth-order valence-electron chi connectivity index (χ4n) is 1.89. The molecule has 0 unspecified atom stereocenters. The van der Waals surface area contributed by atoms with Gasteiger partial charge in [-0.3, -0.25) is 4.79 Å². The van der Waals surface area contributed by atoms with Gasteiger partial charge >= 0.3 is 0 Å². The molecule has 1 N–H and O–H groups in total. The van der Waals surface area contributed by atoms with E-state index in [0.29, 0.717) is 25.5 Å². The van der Waals surface area contributed by atoms with Crippen LogP contribution in [0, 0.1) is 5.41 Å². The average molecular weight is 298 g/mol. The first-order valence-corrected chi connectivity index (χ1v) is 7.69. The second-order valence-electron chi connectivity index (χ2n) is 5.03. The minimum Gasteiger partial charge on any atom is -0.493 e. The molecule has 0 spiro atoms. The third-order valence-electron chi connectivity index (χ3n) is 3.79. The van der Waals surface area contributed by atoms with E-state index in [0.717, 1.165) is 18.6 Å². The van der Waals surface area contributed by atoms with E-state index >= 15 is 0 Å². The van der Waals surface area contributed by atoms with Crippen LogP contribution in [-0.4, -0.2) is 24.9 Å². The van der Waals surface area contributed by atoms with E-state index in [9.17, 15) is 4.79 Å². The van der Waals surface area contributed by atoms with Crippen molar-refractivity contribution in [1.82, 2.24) is 5.32 Å². The molecule has 0 saturated carbocycles. The molecule has 0 aliphatic carbocycles. The largest absolute Gasteiger partial charge is 0.493 e. The molecule has 4 heteroatoms. The number of hydrogen-bond donors (Lipinski definition) is 1. The predicted molar refractivity (Wildman–Crippen MR) is 83.3 cm³/mol. The molecule has 0 saturated heterocycles. The molecule has 20 heavy (non-hydrogen) atoms. The van der Waals surface area contributed by atoms with Gasteiger partial charge in [-0.1, -0.05) is 32.0 Å². The van der Waals surface area contributed by atoms with Crippen LogP contribution in [0.4, 0.5) is 0 Å². The van der Waals surface area contributed by atoms with Gasteiger partial charge in [0.25, 0.3) is 0 Å². The summed E-state index contributed by atoms with van der Waals surface area (Å²) in [6.45, 7) is 5.24. The van der Waals surface area contributed by atoms with Crippen molar-refractivity contribution in [1.29, 1.82) is 0 Å². The van der Waals surface area contributed by atoms with E-state index in [1.807, 2.05) is 30.3 Å². The van der Waals surface area contributed by atoms with E-state index < -0.39 is 0 Å². The standard InChI is InChI=1S/C16H24ClNO2/c1-3-16(4-2,12-17)13-18-15(19)10-11-20-14-8-6-5-7-9-14/h5-9H,3-4,10-13H2,1-2H3,(H,18,19). The van der Waals surface area contributed by atoms with Gasteiger partial charge in [0.2, 0.25) is 5.91 Å². The molecule has 0 heterocycles. The van der Waals surface area contributed by atoms with Crippen molar-refractivity contribution in [3.63, 3.8) is 0 Å². The molecule has 1 rings (SSSR count). The maximum atomic E-state index is 11.8. The highest BCUT2D eigenvalue weighted by atomic mass is 35.5. The molecule has 0 bridgehead atoms. The van der Waals surface area contributed by atoms with Crippen LogP contribution >= 0.6 is 11.6 Å². The summed E-state index contributed by atoms with van der Waals surface area (Å²) in [4.78, 5) is 11.8. The number of carbonyl (C=O) groups is 1. The van der Waals surface area contributed by atoms with Crippen molar-refractivity contribution in [2.75, 3.05) is 19.0 Å². The molecule has 0 aromatic heterocycles. The summed E-state index contributed by atoms with van der Waals surface area (Å²) < 4.78 is 5.50. The number of amides is 1. The van der Waals surface area contributed by atoms with Crippen LogP contribution in [0.5, 0.6) is 5.75 Å². The number of benzene rings is 1. The van der Waals surface area contributed by atoms with E-state index in [1.165, 1.54) is 0 Å². The summed E-state index contributed by atoms with van der Waals surface area (Å²) in [6.07, 6.45) is 2.29. The summed E-state index contributed by atoms with van der Waals surface area (Å²) in [5.41, 5.74) is 0.0114. The molecule has 1 amide bonds. The Morgan fingerprint density at radius 1 is 1.25 bits per heavy atom. The Bertz CT molecular complexity index is 382. The van der Waals surface area contributed by atoms with Crippen molar-refractivity contribution in [3.8, 4) is 5.75 Å². The molecule has 112 valence electrons. The highest BCUT2D eigenvalue weighted by molar-refractivity contribution is 6.18. The van der Waals surface area contributed by atoms with E-state index in [2.05, 4.69) is 19.2 Å². The quantitative estimate of drug-likeness (QED) is 0.707. The third kappa shape index (κ3) is 5.41. The van der Waals surface area contributed by atoms with E-state index in [-0.39, 0.29) is 11.3 Å². The number of ether oxygens (including phenoxy) is 1. The first-order chi connectivity index (χ1) is 9.65. The van der Waals surface area contributed by atoms with Gasteiger partial charge in [0.1, 0.15) is 5.75 Å². The molecular formula is C16H24ClNO2. The molecule has 0 atom stereocenters. The molecular weight excluding hydrogens is 274 g/mol. The normalized spacial score (nSPS) is 11.2. The van der Waals surface area contributed by atoms with Crippen LogP contribution in [0.2, 0.25) is 0 Å². The maximum Gasteiger partial charge on any atom is 0.223 e. The van der Waals surface area contributed by atoms with Crippen molar-refractivity contribution in [2.24, 2.45) is 5.41 Å². The summed E-state index contributed by atoms with van der Waals surface area (Å²) in [6, 6.07) is 9.51. The lowest BCUT2D eigenvalue weighted by atomic mass is 9.84. The summed E-state index contributed by atoms with van der Waals surface area (Å²) >= 11 is 6.02. The Morgan fingerprint density at radius 3 is 2.45 bits per heavy atom. The fourth-order valence-corrected chi connectivity index (χ4v) is 2.36. The number of hydrogen-bond acceptors (Lipinski definition) is 2. The van der Waals surface area contributed by atoms with Crippen LogP contribution in [0.25, 0.3) is 0 Å². The van der Waals surface area contributed by atoms with E-state index in [4.69, 9.17) is 16.3 Å². The topological polar surface area (TPSA) is 38.3 Å².